The van der Waals surface area contributed by atoms with Crippen molar-refractivity contribution in [2.24, 2.45) is 0 Å². The average molecular weight is 216 g/mol. The molecule has 4 nitrogen and oxygen atoms in total. The Kier molecular flexibility index (Phi) is 8.33. The highest BCUT2D eigenvalue weighted by Gasteiger charge is 2.11. The Balaban J connectivity index is 3.51. The van der Waals surface area contributed by atoms with E-state index in [1.54, 1.807) is 13.8 Å². The molecule has 0 aliphatic rings. The summed E-state index contributed by atoms with van der Waals surface area (Å²) in [5.74, 6) is 0.00625. The van der Waals surface area contributed by atoms with E-state index in [0.717, 1.165) is 25.8 Å². The van der Waals surface area contributed by atoms with Gasteiger partial charge in [-0.2, -0.15) is 0 Å². The average Bonchev–Trinajstić information content (AvgIpc) is 2.20. The Bertz CT molecular complexity index is 172. The first kappa shape index (κ1) is 14.4. The van der Waals surface area contributed by atoms with E-state index < -0.39 is 6.10 Å². The lowest BCUT2D eigenvalue weighted by atomic mass is 10.2. The van der Waals surface area contributed by atoms with Gasteiger partial charge in [-0.3, -0.25) is 4.79 Å². The standard InChI is InChI=1S/C11H24N2O2/c1-4-5-6-7-12-11(15)10(3)13-8-9(2)14/h9-10,13-14H,4-8H2,1-3H3,(H,12,15). The normalized spacial score (nSPS) is 14.7. The number of aliphatic hydroxyl groups excluding tert-OH is 1. The zero-order valence-electron chi connectivity index (χ0n) is 10.0. The fourth-order valence-electron chi connectivity index (χ4n) is 1.18. The van der Waals surface area contributed by atoms with Crippen LogP contribution in [0.1, 0.15) is 40.0 Å². The Morgan fingerprint density at radius 2 is 2.00 bits per heavy atom. The van der Waals surface area contributed by atoms with Gasteiger partial charge < -0.3 is 15.7 Å². The fraction of sp³-hybridized carbons (Fsp3) is 0.909. The van der Waals surface area contributed by atoms with Crippen molar-refractivity contribution in [1.29, 1.82) is 0 Å². The summed E-state index contributed by atoms with van der Waals surface area (Å²) in [5.41, 5.74) is 0. The van der Waals surface area contributed by atoms with Crippen LogP contribution in [-0.2, 0) is 4.79 Å². The number of nitrogens with one attached hydrogen (secondary N) is 2. The molecule has 90 valence electrons. The molecule has 0 aliphatic heterocycles. The third-order valence-corrected chi connectivity index (χ3v) is 2.19. The van der Waals surface area contributed by atoms with Gasteiger partial charge in [0.2, 0.25) is 5.91 Å². The summed E-state index contributed by atoms with van der Waals surface area (Å²) in [4.78, 5) is 11.5. The second kappa shape index (κ2) is 8.68. The minimum atomic E-state index is -0.416. The maximum absolute atomic E-state index is 11.5. The summed E-state index contributed by atoms with van der Waals surface area (Å²) < 4.78 is 0. The van der Waals surface area contributed by atoms with Crippen molar-refractivity contribution in [3.8, 4) is 0 Å². The molecular weight excluding hydrogens is 192 g/mol. The predicted octanol–water partition coefficient (Wildman–Crippen LogP) is 0.652. The van der Waals surface area contributed by atoms with E-state index in [2.05, 4.69) is 17.6 Å². The maximum Gasteiger partial charge on any atom is 0.236 e. The third kappa shape index (κ3) is 8.39. The van der Waals surface area contributed by atoms with Gasteiger partial charge in [-0.05, 0) is 20.3 Å². The van der Waals surface area contributed by atoms with Gasteiger partial charge in [-0.1, -0.05) is 19.8 Å². The van der Waals surface area contributed by atoms with Gasteiger partial charge in [-0.15, -0.1) is 0 Å². The third-order valence-electron chi connectivity index (χ3n) is 2.19. The number of rotatable bonds is 8. The molecule has 0 saturated carbocycles. The van der Waals surface area contributed by atoms with E-state index >= 15 is 0 Å². The molecule has 0 aromatic carbocycles. The highest BCUT2D eigenvalue weighted by Crippen LogP contribution is 1.92. The van der Waals surface area contributed by atoms with Crippen molar-refractivity contribution < 1.29 is 9.90 Å². The topological polar surface area (TPSA) is 61.4 Å². The van der Waals surface area contributed by atoms with Crippen LogP contribution in [0.5, 0.6) is 0 Å². The van der Waals surface area contributed by atoms with Gasteiger partial charge in [0.1, 0.15) is 0 Å². The first-order valence-electron chi connectivity index (χ1n) is 5.77. The molecular formula is C11H24N2O2. The van der Waals surface area contributed by atoms with Crippen LogP contribution in [0.2, 0.25) is 0 Å². The first-order chi connectivity index (χ1) is 7.07. The minimum Gasteiger partial charge on any atom is -0.392 e. The molecule has 0 fully saturated rings. The van der Waals surface area contributed by atoms with Crippen molar-refractivity contribution in [2.45, 2.75) is 52.2 Å². The summed E-state index contributed by atoms with van der Waals surface area (Å²) in [5, 5.41) is 14.9. The van der Waals surface area contributed by atoms with Crippen LogP contribution in [-0.4, -0.2) is 36.2 Å². The van der Waals surface area contributed by atoms with Gasteiger partial charge >= 0.3 is 0 Å². The number of aliphatic hydroxyl groups is 1. The van der Waals surface area contributed by atoms with E-state index in [9.17, 15) is 4.79 Å². The predicted molar refractivity (Wildman–Crippen MR) is 61.7 cm³/mol. The van der Waals surface area contributed by atoms with Crippen LogP contribution in [0.25, 0.3) is 0 Å². The van der Waals surface area contributed by atoms with Crippen molar-refractivity contribution in [3.63, 3.8) is 0 Å². The smallest absolute Gasteiger partial charge is 0.236 e. The molecule has 0 aromatic rings. The lowest BCUT2D eigenvalue weighted by Crippen LogP contribution is -2.44. The van der Waals surface area contributed by atoms with Crippen molar-refractivity contribution in [3.05, 3.63) is 0 Å². The second-order valence-corrected chi connectivity index (χ2v) is 3.98. The molecule has 0 radical (unpaired) electrons. The molecule has 0 bridgehead atoms. The van der Waals surface area contributed by atoms with Crippen molar-refractivity contribution in [2.75, 3.05) is 13.1 Å². The number of carbonyl (C=O) groups excluding carboxylic acids is 1. The summed E-state index contributed by atoms with van der Waals surface area (Å²) >= 11 is 0. The molecule has 0 aromatic heterocycles. The molecule has 0 aliphatic carbocycles. The molecule has 0 rings (SSSR count). The van der Waals surface area contributed by atoms with Gasteiger partial charge in [0, 0.05) is 13.1 Å². The van der Waals surface area contributed by atoms with E-state index in [-0.39, 0.29) is 11.9 Å². The lowest BCUT2D eigenvalue weighted by Gasteiger charge is -2.14. The van der Waals surface area contributed by atoms with Crippen LogP contribution in [0.15, 0.2) is 0 Å². The lowest BCUT2D eigenvalue weighted by molar-refractivity contribution is -0.122. The largest absolute Gasteiger partial charge is 0.392 e. The Morgan fingerprint density at radius 1 is 1.33 bits per heavy atom. The fourth-order valence-corrected chi connectivity index (χ4v) is 1.18. The molecule has 3 N–H and O–H groups in total. The zero-order valence-corrected chi connectivity index (χ0v) is 10.0. The molecule has 4 heteroatoms. The van der Waals surface area contributed by atoms with Gasteiger partial charge in [-0.25, -0.2) is 0 Å². The molecule has 0 saturated heterocycles. The summed E-state index contributed by atoms with van der Waals surface area (Å²) in [6.45, 7) is 6.82. The highest BCUT2D eigenvalue weighted by molar-refractivity contribution is 5.81. The SMILES string of the molecule is CCCCCNC(=O)C(C)NCC(C)O. The zero-order chi connectivity index (χ0) is 11.7. The van der Waals surface area contributed by atoms with Crippen LogP contribution >= 0.6 is 0 Å². The van der Waals surface area contributed by atoms with Crippen LogP contribution in [0, 0.1) is 0 Å². The van der Waals surface area contributed by atoms with E-state index in [0.29, 0.717) is 6.54 Å². The Hall–Kier alpha value is -0.610. The maximum atomic E-state index is 11.5. The van der Waals surface area contributed by atoms with Crippen molar-refractivity contribution >= 4 is 5.91 Å². The van der Waals surface area contributed by atoms with Crippen LogP contribution in [0.3, 0.4) is 0 Å². The molecule has 15 heavy (non-hydrogen) atoms. The van der Waals surface area contributed by atoms with Crippen LogP contribution < -0.4 is 10.6 Å². The molecule has 2 unspecified atom stereocenters. The quantitative estimate of drug-likeness (QED) is 0.522. The summed E-state index contributed by atoms with van der Waals surface area (Å²) in [6.07, 6.45) is 2.92. The second-order valence-electron chi connectivity index (χ2n) is 3.98. The number of hydrogen-bond acceptors (Lipinski definition) is 3. The molecule has 2 atom stereocenters. The molecule has 0 heterocycles. The van der Waals surface area contributed by atoms with E-state index in [1.807, 2.05) is 0 Å². The van der Waals surface area contributed by atoms with Crippen molar-refractivity contribution in [1.82, 2.24) is 10.6 Å². The number of amides is 1. The van der Waals surface area contributed by atoms with Crippen LogP contribution in [0.4, 0.5) is 0 Å². The van der Waals surface area contributed by atoms with Gasteiger partial charge in [0.05, 0.1) is 12.1 Å². The van der Waals surface area contributed by atoms with E-state index in [1.165, 1.54) is 0 Å². The molecule has 1 amide bonds. The van der Waals surface area contributed by atoms with E-state index in [4.69, 9.17) is 5.11 Å². The summed E-state index contributed by atoms with van der Waals surface area (Å²) in [7, 11) is 0. The summed E-state index contributed by atoms with van der Waals surface area (Å²) in [6, 6.07) is -0.235. The Labute approximate surface area is 92.4 Å². The van der Waals surface area contributed by atoms with Gasteiger partial charge in [0.25, 0.3) is 0 Å². The first-order valence-corrected chi connectivity index (χ1v) is 5.77. The highest BCUT2D eigenvalue weighted by atomic mass is 16.3. The monoisotopic (exact) mass is 216 g/mol. The number of unbranched alkanes of at least 4 members (excludes halogenated alkanes) is 2. The Morgan fingerprint density at radius 3 is 2.53 bits per heavy atom. The molecule has 0 spiro atoms. The number of carbonyl (C=O) groups is 1. The minimum absolute atomic E-state index is 0.00625. The van der Waals surface area contributed by atoms with Gasteiger partial charge in [0.15, 0.2) is 0 Å². The number of hydrogen-bond donors (Lipinski definition) is 3.